The lowest BCUT2D eigenvalue weighted by Crippen LogP contribution is -2.48. The first-order chi connectivity index (χ1) is 29.3. The third-order valence-corrected chi connectivity index (χ3v) is 11.6. The molecule has 1 aliphatic rings. The molecular weight excluding hydrogens is 807 g/mol. The highest BCUT2D eigenvalue weighted by Crippen LogP contribution is 2.25. The maximum atomic E-state index is 12.8. The first-order valence-electron chi connectivity index (χ1n) is 21.1. The van der Waals surface area contributed by atoms with Crippen molar-refractivity contribution in [2.75, 3.05) is 82.5 Å². The Labute approximate surface area is 361 Å². The fraction of sp³-hybridized carbons (Fsp3) is 0.595. The number of carboxylic acids is 2. The second-order valence-corrected chi connectivity index (χ2v) is 16.4. The summed E-state index contributed by atoms with van der Waals surface area (Å²) in [5.41, 5.74) is 16.9. The number of aliphatic carboxylic acids is 2. The minimum absolute atomic E-state index is 0.0398. The van der Waals surface area contributed by atoms with Crippen molar-refractivity contribution in [3.8, 4) is 0 Å². The largest absolute Gasteiger partial charge is 0.481 e. The van der Waals surface area contributed by atoms with Gasteiger partial charge in [-0.25, -0.2) is 4.98 Å². The monoisotopic (exact) mass is 869 g/mol. The molecule has 0 radical (unpaired) electrons. The van der Waals surface area contributed by atoms with Gasteiger partial charge in [0, 0.05) is 83.8 Å². The highest BCUT2D eigenvalue weighted by molar-refractivity contribution is 8.00. The Balaban J connectivity index is 1.05. The Bertz CT molecular complexity index is 1900. The number of nitrogen functional groups attached to an aromatic ring is 1. The number of unbranched alkanes of at least 4 members (excludes halogenated alkanes) is 2. The lowest BCUT2D eigenvalue weighted by Gasteiger charge is -2.35. The molecule has 0 bridgehead atoms. The lowest BCUT2D eigenvalue weighted by atomic mass is 10.0. The van der Waals surface area contributed by atoms with Gasteiger partial charge < -0.3 is 51.3 Å². The number of aromatic nitrogens is 3. The Morgan fingerprint density at radius 3 is 2.36 bits per heavy atom. The van der Waals surface area contributed by atoms with Crippen LogP contribution in [0.4, 0.5) is 11.8 Å². The van der Waals surface area contributed by atoms with Crippen molar-refractivity contribution in [1.82, 2.24) is 29.7 Å². The molecule has 0 aliphatic carbocycles. The van der Waals surface area contributed by atoms with Crippen LogP contribution in [0.5, 0.6) is 0 Å². The summed E-state index contributed by atoms with van der Waals surface area (Å²) in [6.07, 6.45) is 6.03. The number of Topliss-reactive ketones (excluding diaryl/α,β-unsaturated/α-hetero) is 1. The maximum Gasteiger partial charge on any atom is 0.321 e. The first-order valence-corrected chi connectivity index (χ1v) is 22.1. The van der Waals surface area contributed by atoms with Gasteiger partial charge in [0.2, 0.25) is 17.8 Å². The van der Waals surface area contributed by atoms with Crippen LogP contribution >= 0.6 is 11.8 Å². The molecule has 61 heavy (non-hydrogen) atoms. The van der Waals surface area contributed by atoms with Gasteiger partial charge in [0.25, 0.3) is 0 Å². The standard InChI is InChI=1S/C42H63N9O9S/c1-3-4-5-13-45-39-38-34(47-42(44)48-39)11-15-51(38)27-31-9-8-30(24-29(31)2)26-49-16-18-50(19-17-49)36(53)12-21-60-23-22-59-20-6-7-32(52)10-14-46-40(56)35(25-37(54)55)61-28-33(43)41(57)58/h8-9,11,15,24,33,35H,3-7,10,12-14,16-23,25-28,43H2,1-2H3,(H,46,56)(H,54,55)(H,57,58)(H3,44,45,47,48)/t33-,35-/m0/s1. The van der Waals surface area contributed by atoms with Crippen LogP contribution in [-0.2, 0) is 46.5 Å². The number of carbonyl (C=O) groups excluding carboxylic acids is 3. The molecule has 18 nitrogen and oxygen atoms in total. The Morgan fingerprint density at radius 2 is 1.66 bits per heavy atom. The Morgan fingerprint density at radius 1 is 0.902 bits per heavy atom. The van der Waals surface area contributed by atoms with Gasteiger partial charge in [-0.1, -0.05) is 38.0 Å². The summed E-state index contributed by atoms with van der Waals surface area (Å²) in [7, 11) is 0. The number of ether oxygens (including phenoxy) is 2. The molecule has 2 aromatic heterocycles. The van der Waals surface area contributed by atoms with E-state index < -0.39 is 35.6 Å². The zero-order chi connectivity index (χ0) is 44.1. The summed E-state index contributed by atoms with van der Waals surface area (Å²) in [5, 5.41) is 23.0. The van der Waals surface area contributed by atoms with Crippen LogP contribution in [0, 0.1) is 6.92 Å². The average Bonchev–Trinajstić information content (AvgIpc) is 3.63. The molecule has 1 aromatic carbocycles. The van der Waals surface area contributed by atoms with Crippen LogP contribution in [0.15, 0.2) is 30.5 Å². The van der Waals surface area contributed by atoms with E-state index in [1.807, 2.05) is 17.2 Å². The number of amides is 2. The number of nitrogens with zero attached hydrogens (tertiary/aromatic N) is 5. The molecule has 1 fully saturated rings. The van der Waals surface area contributed by atoms with Crippen molar-refractivity contribution in [3.05, 3.63) is 47.2 Å². The van der Waals surface area contributed by atoms with Crippen LogP contribution in [0.3, 0.4) is 0 Å². The fourth-order valence-corrected chi connectivity index (χ4v) is 7.92. The average molecular weight is 870 g/mol. The number of anilines is 2. The van der Waals surface area contributed by atoms with Crippen molar-refractivity contribution in [2.45, 2.75) is 89.6 Å². The summed E-state index contributed by atoms with van der Waals surface area (Å²) in [6.45, 7) is 10.9. The molecule has 2 amide bonds. The molecule has 8 N–H and O–H groups in total. The molecule has 0 saturated carbocycles. The van der Waals surface area contributed by atoms with Crippen molar-refractivity contribution in [2.24, 2.45) is 5.73 Å². The lowest BCUT2D eigenvalue weighted by molar-refractivity contribution is -0.138. The second kappa shape index (κ2) is 25.8. The van der Waals surface area contributed by atoms with E-state index in [1.165, 1.54) is 16.7 Å². The number of hydrogen-bond acceptors (Lipinski definition) is 14. The number of fused-ring (bicyclic) bond motifs is 1. The number of nitrogens with one attached hydrogen (secondary N) is 2. The molecule has 19 heteroatoms. The van der Waals surface area contributed by atoms with E-state index in [-0.39, 0.29) is 42.8 Å². The van der Waals surface area contributed by atoms with Crippen molar-refractivity contribution < 1.29 is 43.7 Å². The van der Waals surface area contributed by atoms with Crippen LogP contribution in [0.25, 0.3) is 11.0 Å². The topological polar surface area (TPSA) is 258 Å². The minimum Gasteiger partial charge on any atom is -0.481 e. The second-order valence-electron chi connectivity index (χ2n) is 15.2. The summed E-state index contributed by atoms with van der Waals surface area (Å²) in [5.74, 6) is -2.14. The summed E-state index contributed by atoms with van der Waals surface area (Å²) < 4.78 is 13.3. The van der Waals surface area contributed by atoms with Gasteiger partial charge in [0.05, 0.1) is 43.4 Å². The molecule has 0 unspecified atom stereocenters. The van der Waals surface area contributed by atoms with Crippen LogP contribution in [0.2, 0.25) is 0 Å². The molecule has 2 atom stereocenters. The fourth-order valence-electron chi connectivity index (χ4n) is 6.84. The van der Waals surface area contributed by atoms with Gasteiger partial charge in [-0.2, -0.15) is 4.98 Å². The van der Waals surface area contributed by atoms with Crippen molar-refractivity contribution in [1.29, 1.82) is 0 Å². The van der Waals surface area contributed by atoms with Crippen LogP contribution < -0.4 is 22.1 Å². The molecule has 3 heterocycles. The van der Waals surface area contributed by atoms with Crippen LogP contribution in [-0.4, -0.2) is 147 Å². The zero-order valence-corrected chi connectivity index (χ0v) is 36.3. The molecular formula is C42H63N9O9S. The van der Waals surface area contributed by atoms with E-state index in [2.05, 4.69) is 62.1 Å². The van der Waals surface area contributed by atoms with E-state index in [0.29, 0.717) is 58.9 Å². The number of benzene rings is 1. The number of piperazine rings is 1. The number of ketones is 1. The Hall–Kier alpha value is -4.82. The van der Waals surface area contributed by atoms with E-state index >= 15 is 0 Å². The van der Waals surface area contributed by atoms with E-state index in [4.69, 9.17) is 31.2 Å². The van der Waals surface area contributed by atoms with E-state index in [9.17, 15) is 24.0 Å². The molecule has 3 aromatic rings. The minimum atomic E-state index is -1.24. The smallest absolute Gasteiger partial charge is 0.321 e. The number of hydrogen-bond donors (Lipinski definition) is 6. The normalized spacial score (nSPS) is 14.2. The third kappa shape index (κ3) is 16.9. The number of aryl methyl sites for hydroxylation is 1. The van der Waals surface area contributed by atoms with Crippen molar-refractivity contribution in [3.63, 3.8) is 0 Å². The Kier molecular flexibility index (Phi) is 20.7. The summed E-state index contributed by atoms with van der Waals surface area (Å²) in [4.78, 5) is 72.7. The zero-order valence-electron chi connectivity index (χ0n) is 35.4. The molecule has 1 aliphatic heterocycles. The highest BCUT2D eigenvalue weighted by atomic mass is 32.2. The van der Waals surface area contributed by atoms with Gasteiger partial charge in [0.1, 0.15) is 17.3 Å². The quantitative estimate of drug-likeness (QED) is 0.0549. The van der Waals surface area contributed by atoms with Gasteiger partial charge in [0.15, 0.2) is 5.82 Å². The predicted molar refractivity (Wildman–Crippen MR) is 234 cm³/mol. The SMILES string of the molecule is CCCCCNc1nc(N)nc2ccn(Cc3ccc(CN4CCN(C(=O)CCOCCOCCCC(=O)CCNC(=O)[C@H](CC(=O)O)SC[C@H](N)C(=O)O)CC4)cc3C)c12. The maximum absolute atomic E-state index is 12.8. The number of nitrogens with two attached hydrogens (primary N) is 2. The van der Waals surface area contributed by atoms with Gasteiger partial charge >= 0.3 is 11.9 Å². The first kappa shape index (κ1) is 48.8. The number of rotatable bonds is 29. The van der Waals surface area contributed by atoms with E-state index in [0.717, 1.165) is 74.1 Å². The number of carboxylic acid groups (broad SMARTS) is 2. The summed E-state index contributed by atoms with van der Waals surface area (Å²) >= 11 is 0.854. The van der Waals surface area contributed by atoms with Crippen molar-refractivity contribution >= 4 is 64.1 Å². The third-order valence-electron chi connectivity index (χ3n) is 10.3. The molecule has 336 valence electrons. The molecule has 1 saturated heterocycles. The predicted octanol–water partition coefficient (Wildman–Crippen LogP) is 2.88. The highest BCUT2D eigenvalue weighted by Gasteiger charge is 2.25. The van der Waals surface area contributed by atoms with Gasteiger partial charge in [-0.3, -0.25) is 28.9 Å². The molecule has 4 rings (SSSR count). The number of carbonyl (C=O) groups is 5. The number of thioether (sulfide) groups is 1. The van der Waals surface area contributed by atoms with Crippen LogP contribution in [0.1, 0.15) is 75.0 Å². The van der Waals surface area contributed by atoms with E-state index in [1.54, 1.807) is 0 Å². The molecule has 0 spiro atoms. The summed E-state index contributed by atoms with van der Waals surface area (Å²) in [6, 6.07) is 7.39. The van der Waals surface area contributed by atoms with Gasteiger partial charge in [-0.05, 0) is 42.5 Å². The van der Waals surface area contributed by atoms with Gasteiger partial charge in [-0.15, -0.1) is 11.8 Å².